The third kappa shape index (κ3) is 4.49. The highest BCUT2D eigenvalue weighted by Gasteiger charge is 2.14. The van der Waals surface area contributed by atoms with E-state index in [9.17, 15) is 0 Å². The lowest BCUT2D eigenvalue weighted by molar-refractivity contribution is 0.00142. The van der Waals surface area contributed by atoms with Crippen molar-refractivity contribution in [3.05, 3.63) is 0 Å². The maximum absolute atomic E-state index is 5.47. The Hall–Kier alpha value is -0.120. The van der Waals surface area contributed by atoms with E-state index in [1.165, 1.54) is 45.2 Å². The molecule has 1 atom stereocenters. The molecule has 0 spiro atoms. The summed E-state index contributed by atoms with van der Waals surface area (Å²) in [5.41, 5.74) is 0. The van der Waals surface area contributed by atoms with Crippen LogP contribution in [-0.2, 0) is 4.74 Å². The van der Waals surface area contributed by atoms with E-state index < -0.39 is 0 Å². The first kappa shape index (κ1) is 12.9. The van der Waals surface area contributed by atoms with Crippen LogP contribution in [0.4, 0.5) is 0 Å². The van der Waals surface area contributed by atoms with Gasteiger partial charge in [0.25, 0.3) is 0 Å². The second-order valence-corrected chi connectivity index (χ2v) is 4.42. The van der Waals surface area contributed by atoms with Gasteiger partial charge in [0.15, 0.2) is 0 Å². The molecule has 1 saturated heterocycles. The standard InChI is InChI=1S/C12H26N2O/c1-4-13(2)14-10-6-5-8-12(15-3)9-7-11-14/h12H,4-11H2,1-3H3. The van der Waals surface area contributed by atoms with E-state index in [-0.39, 0.29) is 0 Å². The Kier molecular flexibility index (Phi) is 6.22. The fourth-order valence-electron chi connectivity index (χ4n) is 2.20. The summed E-state index contributed by atoms with van der Waals surface area (Å²) in [6, 6.07) is 0. The number of hydrogen-bond acceptors (Lipinski definition) is 3. The minimum absolute atomic E-state index is 0.497. The molecule has 0 bridgehead atoms. The van der Waals surface area contributed by atoms with Crippen molar-refractivity contribution < 1.29 is 4.74 Å². The van der Waals surface area contributed by atoms with E-state index >= 15 is 0 Å². The van der Waals surface area contributed by atoms with Crippen molar-refractivity contribution in [3.63, 3.8) is 0 Å². The summed E-state index contributed by atoms with van der Waals surface area (Å²) in [4.78, 5) is 0. The summed E-state index contributed by atoms with van der Waals surface area (Å²) in [7, 11) is 4.03. The van der Waals surface area contributed by atoms with Crippen molar-refractivity contribution >= 4 is 0 Å². The molecule has 1 heterocycles. The van der Waals surface area contributed by atoms with Gasteiger partial charge in [-0.3, -0.25) is 0 Å². The van der Waals surface area contributed by atoms with Gasteiger partial charge in [0.05, 0.1) is 6.10 Å². The van der Waals surface area contributed by atoms with Crippen LogP contribution in [0.3, 0.4) is 0 Å². The van der Waals surface area contributed by atoms with Gasteiger partial charge in [-0.05, 0) is 32.1 Å². The first-order valence-corrected chi connectivity index (χ1v) is 6.26. The summed E-state index contributed by atoms with van der Waals surface area (Å²) in [6.45, 7) is 5.71. The second kappa shape index (κ2) is 7.20. The fraction of sp³-hybridized carbons (Fsp3) is 1.00. The molecule has 1 unspecified atom stereocenters. The van der Waals surface area contributed by atoms with Crippen molar-refractivity contribution in [1.82, 2.24) is 10.0 Å². The molecule has 0 aromatic carbocycles. The molecule has 1 rings (SSSR count). The summed E-state index contributed by atoms with van der Waals surface area (Å²) in [5, 5.41) is 4.82. The number of hydrazine groups is 1. The van der Waals surface area contributed by atoms with Crippen molar-refractivity contribution in [2.45, 2.75) is 45.1 Å². The fourth-order valence-corrected chi connectivity index (χ4v) is 2.20. The topological polar surface area (TPSA) is 15.7 Å². The van der Waals surface area contributed by atoms with Gasteiger partial charge in [-0.25, -0.2) is 10.0 Å². The first-order valence-electron chi connectivity index (χ1n) is 6.26. The van der Waals surface area contributed by atoms with Crippen LogP contribution in [0.25, 0.3) is 0 Å². The minimum Gasteiger partial charge on any atom is -0.381 e. The van der Waals surface area contributed by atoms with Crippen molar-refractivity contribution in [2.75, 3.05) is 33.8 Å². The van der Waals surface area contributed by atoms with Crippen molar-refractivity contribution in [1.29, 1.82) is 0 Å². The highest BCUT2D eigenvalue weighted by atomic mass is 16.5. The minimum atomic E-state index is 0.497. The Morgan fingerprint density at radius 2 is 1.87 bits per heavy atom. The van der Waals surface area contributed by atoms with Gasteiger partial charge in [0.1, 0.15) is 0 Å². The van der Waals surface area contributed by atoms with Gasteiger partial charge in [-0.15, -0.1) is 0 Å². The van der Waals surface area contributed by atoms with Crippen LogP contribution in [0.15, 0.2) is 0 Å². The van der Waals surface area contributed by atoms with Gasteiger partial charge in [-0.1, -0.05) is 6.92 Å². The lowest BCUT2D eigenvalue weighted by Gasteiger charge is -2.30. The zero-order valence-electron chi connectivity index (χ0n) is 10.5. The SMILES string of the molecule is CCN(C)N1CCCCC(OC)CCC1. The van der Waals surface area contributed by atoms with Crippen LogP contribution < -0.4 is 0 Å². The average molecular weight is 214 g/mol. The Balaban J connectivity index is 2.38. The van der Waals surface area contributed by atoms with E-state index in [0.717, 1.165) is 6.54 Å². The highest BCUT2D eigenvalue weighted by Crippen LogP contribution is 2.15. The van der Waals surface area contributed by atoms with Crippen LogP contribution in [0.1, 0.15) is 39.0 Å². The van der Waals surface area contributed by atoms with Crippen LogP contribution in [0.5, 0.6) is 0 Å². The molecule has 1 aliphatic rings. The zero-order chi connectivity index (χ0) is 11.1. The molecule has 0 aliphatic carbocycles. The molecule has 1 fully saturated rings. The molecule has 3 heteroatoms. The molecule has 0 saturated carbocycles. The van der Waals surface area contributed by atoms with E-state index in [4.69, 9.17) is 4.74 Å². The lowest BCUT2D eigenvalue weighted by atomic mass is 10.1. The number of rotatable bonds is 3. The molecule has 0 radical (unpaired) electrons. The van der Waals surface area contributed by atoms with Crippen molar-refractivity contribution in [2.24, 2.45) is 0 Å². The van der Waals surface area contributed by atoms with Gasteiger partial charge >= 0.3 is 0 Å². The summed E-state index contributed by atoms with van der Waals surface area (Å²) < 4.78 is 5.47. The molecule has 3 nitrogen and oxygen atoms in total. The van der Waals surface area contributed by atoms with E-state index in [1.807, 2.05) is 7.11 Å². The molecule has 0 aromatic heterocycles. The summed E-state index contributed by atoms with van der Waals surface area (Å²) in [6.07, 6.45) is 6.79. The Morgan fingerprint density at radius 3 is 2.53 bits per heavy atom. The summed E-state index contributed by atoms with van der Waals surface area (Å²) >= 11 is 0. The average Bonchev–Trinajstić information content (AvgIpc) is 2.39. The molecule has 0 amide bonds. The normalized spacial score (nSPS) is 26.0. The van der Waals surface area contributed by atoms with Crippen LogP contribution >= 0.6 is 0 Å². The summed E-state index contributed by atoms with van der Waals surface area (Å²) in [5.74, 6) is 0. The molecular weight excluding hydrogens is 188 g/mol. The van der Waals surface area contributed by atoms with Crippen molar-refractivity contribution in [3.8, 4) is 0 Å². The second-order valence-electron chi connectivity index (χ2n) is 4.42. The molecule has 90 valence electrons. The lowest BCUT2D eigenvalue weighted by Crippen LogP contribution is -2.40. The maximum atomic E-state index is 5.47. The Labute approximate surface area is 94.4 Å². The quantitative estimate of drug-likeness (QED) is 0.716. The van der Waals surface area contributed by atoms with Crippen LogP contribution in [0, 0.1) is 0 Å². The third-order valence-corrected chi connectivity index (χ3v) is 3.41. The van der Waals surface area contributed by atoms with Crippen LogP contribution in [0.2, 0.25) is 0 Å². The largest absolute Gasteiger partial charge is 0.381 e. The van der Waals surface area contributed by atoms with Gasteiger partial charge in [-0.2, -0.15) is 0 Å². The smallest absolute Gasteiger partial charge is 0.0571 e. The molecule has 0 aromatic rings. The van der Waals surface area contributed by atoms with E-state index in [1.54, 1.807) is 0 Å². The number of nitrogens with zero attached hydrogens (tertiary/aromatic N) is 2. The number of methoxy groups -OCH3 is 1. The van der Waals surface area contributed by atoms with E-state index in [2.05, 4.69) is 24.0 Å². The van der Waals surface area contributed by atoms with Gasteiger partial charge in [0, 0.05) is 33.8 Å². The van der Waals surface area contributed by atoms with E-state index in [0.29, 0.717) is 6.10 Å². The highest BCUT2D eigenvalue weighted by molar-refractivity contribution is 4.65. The molecular formula is C12H26N2O. The first-order chi connectivity index (χ1) is 7.27. The van der Waals surface area contributed by atoms with Gasteiger partial charge < -0.3 is 4.74 Å². The van der Waals surface area contributed by atoms with Crippen LogP contribution in [-0.4, -0.2) is 49.9 Å². The predicted octanol–water partition coefficient (Wildman–Crippen LogP) is 2.13. The number of ether oxygens (including phenoxy) is 1. The molecule has 15 heavy (non-hydrogen) atoms. The maximum Gasteiger partial charge on any atom is 0.0571 e. The number of hydrogen-bond donors (Lipinski definition) is 0. The third-order valence-electron chi connectivity index (χ3n) is 3.41. The Morgan fingerprint density at radius 1 is 1.20 bits per heavy atom. The van der Waals surface area contributed by atoms with Gasteiger partial charge in [0.2, 0.25) is 0 Å². The molecule has 0 N–H and O–H groups in total. The Bertz CT molecular complexity index is 164. The predicted molar refractivity (Wildman–Crippen MR) is 63.8 cm³/mol. The monoisotopic (exact) mass is 214 g/mol. The molecule has 1 aliphatic heterocycles. The zero-order valence-corrected chi connectivity index (χ0v) is 10.5.